The van der Waals surface area contributed by atoms with Crippen molar-refractivity contribution in [3.8, 4) is 0 Å². The van der Waals surface area contributed by atoms with Gasteiger partial charge < -0.3 is 0 Å². The van der Waals surface area contributed by atoms with Crippen LogP contribution in [0.2, 0.25) is 0 Å². The number of benzene rings is 4. The topological polar surface area (TPSA) is 0 Å². The van der Waals surface area contributed by atoms with Crippen LogP contribution in [0.3, 0.4) is 0 Å². The van der Waals surface area contributed by atoms with Gasteiger partial charge in [-0.1, -0.05) is 141 Å². The monoisotopic (exact) mass is 412 g/mol. The van der Waals surface area contributed by atoms with Crippen molar-refractivity contribution in [3.63, 3.8) is 0 Å². The lowest BCUT2D eigenvalue weighted by Gasteiger charge is -2.43. The summed E-state index contributed by atoms with van der Waals surface area (Å²) in [5, 5.41) is 0. The van der Waals surface area contributed by atoms with Crippen molar-refractivity contribution < 1.29 is 0 Å². The van der Waals surface area contributed by atoms with Crippen LogP contribution >= 0.6 is 0 Å². The van der Waals surface area contributed by atoms with Gasteiger partial charge in [-0.2, -0.15) is 0 Å². The lowest BCUT2D eigenvalue weighted by Crippen LogP contribution is -2.34. The Balaban J connectivity index is 1.90. The van der Waals surface area contributed by atoms with Gasteiger partial charge in [-0.15, -0.1) is 0 Å². The van der Waals surface area contributed by atoms with E-state index >= 15 is 0 Å². The number of allylic oxidation sites excluding steroid dienone is 4. The van der Waals surface area contributed by atoms with Crippen LogP contribution in [-0.4, -0.2) is 0 Å². The van der Waals surface area contributed by atoms with Gasteiger partial charge in [-0.3, -0.25) is 0 Å². The average Bonchev–Trinajstić information content (AvgIpc) is 2.87. The number of rotatable bonds is 4. The fourth-order valence-electron chi connectivity index (χ4n) is 5.13. The lowest BCUT2D eigenvalue weighted by molar-refractivity contribution is 0.477. The molecule has 0 spiro atoms. The Kier molecular flexibility index (Phi) is 5.37. The molecule has 5 rings (SSSR count). The molecule has 1 aliphatic rings. The first kappa shape index (κ1) is 20.3. The largest absolute Gasteiger partial charge is 0.0720 e. The Morgan fingerprint density at radius 3 is 1.50 bits per heavy atom. The number of hydrogen-bond acceptors (Lipinski definition) is 0. The highest BCUT2D eigenvalue weighted by molar-refractivity contribution is 6.18. The maximum absolute atomic E-state index is 2.48. The van der Waals surface area contributed by atoms with Crippen molar-refractivity contribution in [2.45, 2.75) is 19.3 Å². The third-order valence-electron chi connectivity index (χ3n) is 6.95. The Morgan fingerprint density at radius 1 is 0.531 bits per heavy atom. The van der Waals surface area contributed by atoms with Crippen molar-refractivity contribution in [2.24, 2.45) is 5.92 Å². The van der Waals surface area contributed by atoms with Crippen molar-refractivity contribution in [1.29, 1.82) is 0 Å². The smallest absolute Gasteiger partial charge is 0.0247 e. The van der Waals surface area contributed by atoms with Gasteiger partial charge in [-0.25, -0.2) is 0 Å². The molecule has 156 valence electrons. The van der Waals surface area contributed by atoms with Crippen molar-refractivity contribution in [2.75, 3.05) is 0 Å². The summed E-state index contributed by atoms with van der Waals surface area (Å²) in [7, 11) is 0. The summed E-state index contributed by atoms with van der Waals surface area (Å²) in [5.74, 6) is 0.322. The first-order valence-electron chi connectivity index (χ1n) is 11.4. The number of hydrogen-bond donors (Lipinski definition) is 0. The molecular formula is C32H28. The molecule has 0 aromatic heterocycles. The van der Waals surface area contributed by atoms with Crippen LogP contribution in [0.5, 0.6) is 0 Å². The lowest BCUT2D eigenvalue weighted by atomic mass is 9.59. The van der Waals surface area contributed by atoms with Gasteiger partial charge in [0, 0.05) is 5.41 Å². The maximum atomic E-state index is 2.48. The molecule has 0 heterocycles. The molecular weight excluding hydrogens is 384 g/mol. The molecule has 32 heavy (non-hydrogen) atoms. The second-order valence-corrected chi connectivity index (χ2v) is 8.79. The molecule has 4 aromatic carbocycles. The summed E-state index contributed by atoms with van der Waals surface area (Å²) in [6, 6.07) is 43.6. The highest BCUT2D eigenvalue weighted by Crippen LogP contribution is 2.55. The van der Waals surface area contributed by atoms with E-state index in [1.807, 2.05) is 0 Å². The second kappa shape index (κ2) is 8.48. The molecule has 1 aliphatic carbocycles. The summed E-state index contributed by atoms with van der Waals surface area (Å²) in [5.41, 5.74) is 9.03. The predicted molar refractivity (Wildman–Crippen MR) is 137 cm³/mol. The van der Waals surface area contributed by atoms with E-state index in [0.717, 1.165) is 0 Å². The van der Waals surface area contributed by atoms with E-state index in [4.69, 9.17) is 0 Å². The molecule has 0 aliphatic heterocycles. The van der Waals surface area contributed by atoms with Crippen LogP contribution in [0.4, 0.5) is 0 Å². The minimum atomic E-state index is -0.161. The summed E-state index contributed by atoms with van der Waals surface area (Å²) in [6.07, 6.45) is 2.48. The van der Waals surface area contributed by atoms with Crippen molar-refractivity contribution in [1.82, 2.24) is 0 Å². The van der Waals surface area contributed by atoms with Crippen LogP contribution < -0.4 is 0 Å². The van der Waals surface area contributed by atoms with E-state index in [1.54, 1.807) is 0 Å². The SMILES string of the molecule is CC1C=C(c2ccccc2)C(c2ccccc2)=C(c2ccccc2)C1(C)c1ccccc1. The van der Waals surface area contributed by atoms with Crippen LogP contribution in [-0.2, 0) is 5.41 Å². The Bertz CT molecular complexity index is 1250. The third kappa shape index (κ3) is 3.42. The van der Waals surface area contributed by atoms with E-state index in [0.29, 0.717) is 5.92 Å². The van der Waals surface area contributed by atoms with Gasteiger partial charge in [-0.05, 0) is 44.9 Å². The highest BCUT2D eigenvalue weighted by Gasteiger charge is 2.42. The van der Waals surface area contributed by atoms with Crippen LogP contribution in [0.15, 0.2) is 127 Å². The fraction of sp³-hybridized carbons (Fsp3) is 0.125. The van der Waals surface area contributed by atoms with Gasteiger partial charge in [0.25, 0.3) is 0 Å². The second-order valence-electron chi connectivity index (χ2n) is 8.79. The molecule has 0 radical (unpaired) electrons. The Labute approximate surface area is 191 Å². The summed E-state index contributed by atoms with van der Waals surface area (Å²) >= 11 is 0. The molecule has 0 amide bonds. The molecule has 0 saturated heterocycles. The van der Waals surface area contributed by atoms with Crippen LogP contribution in [0, 0.1) is 5.92 Å². The fourth-order valence-corrected chi connectivity index (χ4v) is 5.13. The molecule has 2 unspecified atom stereocenters. The molecule has 4 aromatic rings. The molecule has 2 atom stereocenters. The maximum Gasteiger partial charge on any atom is 0.0247 e. The summed E-state index contributed by atoms with van der Waals surface area (Å²) in [4.78, 5) is 0. The standard InChI is InChI=1S/C32H28/c1-24-23-29(25-15-7-3-8-16-25)30(26-17-9-4-10-18-26)31(27-19-11-5-12-20-27)32(24,2)28-21-13-6-14-22-28/h3-24H,1-2H3. The minimum absolute atomic E-state index is 0.161. The van der Waals surface area contributed by atoms with E-state index in [9.17, 15) is 0 Å². The van der Waals surface area contributed by atoms with E-state index < -0.39 is 0 Å². The zero-order valence-electron chi connectivity index (χ0n) is 18.7. The molecule has 0 saturated carbocycles. The molecule has 0 heteroatoms. The van der Waals surface area contributed by atoms with Crippen LogP contribution in [0.25, 0.3) is 16.7 Å². The first-order chi connectivity index (χ1) is 15.7. The molecule has 0 nitrogen and oxygen atoms in total. The third-order valence-corrected chi connectivity index (χ3v) is 6.95. The van der Waals surface area contributed by atoms with Gasteiger partial charge in [0.2, 0.25) is 0 Å². The van der Waals surface area contributed by atoms with E-state index in [-0.39, 0.29) is 5.41 Å². The van der Waals surface area contributed by atoms with Crippen molar-refractivity contribution >= 4 is 16.7 Å². The zero-order valence-corrected chi connectivity index (χ0v) is 18.7. The van der Waals surface area contributed by atoms with Crippen LogP contribution in [0.1, 0.15) is 36.1 Å². The molecule has 0 bridgehead atoms. The van der Waals surface area contributed by atoms with Gasteiger partial charge in [0.1, 0.15) is 0 Å². The highest BCUT2D eigenvalue weighted by atomic mass is 14.4. The normalized spacial score (nSPS) is 20.7. The molecule has 0 N–H and O–H groups in total. The first-order valence-corrected chi connectivity index (χ1v) is 11.4. The molecule has 0 fully saturated rings. The minimum Gasteiger partial charge on any atom is -0.0720 e. The average molecular weight is 413 g/mol. The van der Waals surface area contributed by atoms with E-state index in [2.05, 4.69) is 141 Å². The predicted octanol–water partition coefficient (Wildman–Crippen LogP) is 8.29. The summed E-state index contributed by atoms with van der Waals surface area (Å²) in [6.45, 7) is 4.78. The van der Waals surface area contributed by atoms with Gasteiger partial charge in [0.05, 0.1) is 0 Å². The zero-order chi connectivity index (χ0) is 22.0. The summed E-state index contributed by atoms with van der Waals surface area (Å²) < 4.78 is 0. The van der Waals surface area contributed by atoms with Gasteiger partial charge in [0.15, 0.2) is 0 Å². The van der Waals surface area contributed by atoms with E-state index in [1.165, 1.54) is 39.0 Å². The quantitative estimate of drug-likeness (QED) is 0.316. The Hall–Kier alpha value is -3.64. The Morgan fingerprint density at radius 2 is 0.969 bits per heavy atom. The van der Waals surface area contributed by atoms with Gasteiger partial charge >= 0.3 is 0 Å². The van der Waals surface area contributed by atoms with Crippen molar-refractivity contribution in [3.05, 3.63) is 150 Å².